The molecule has 1 aliphatic carbocycles. The molecule has 0 heterocycles. The third-order valence-electron chi connectivity index (χ3n) is 3.53. The summed E-state index contributed by atoms with van der Waals surface area (Å²) in [6.45, 7) is 0. The molecule has 2 unspecified atom stereocenters. The van der Waals surface area contributed by atoms with Gasteiger partial charge in [0.2, 0.25) is 0 Å². The van der Waals surface area contributed by atoms with Gasteiger partial charge in [-0.1, -0.05) is 35.9 Å². The SMILES string of the molecule is Nc1ccc(Cl)cc1S(=O)CC1Cc2ccccc21. The Kier molecular flexibility index (Phi) is 3.33. The topological polar surface area (TPSA) is 43.1 Å². The number of nitrogens with two attached hydrogens (primary N) is 1. The normalized spacial score (nSPS) is 18.5. The van der Waals surface area contributed by atoms with Crippen LogP contribution < -0.4 is 5.73 Å². The molecule has 0 amide bonds. The number of halogens is 1. The molecule has 1 aliphatic rings. The Morgan fingerprint density at radius 3 is 2.84 bits per heavy atom. The maximum atomic E-state index is 12.4. The molecule has 3 rings (SSSR count). The number of rotatable bonds is 3. The fraction of sp³-hybridized carbons (Fsp3) is 0.200. The summed E-state index contributed by atoms with van der Waals surface area (Å²) in [7, 11) is -1.10. The van der Waals surface area contributed by atoms with Crippen LogP contribution in [0.2, 0.25) is 5.02 Å². The van der Waals surface area contributed by atoms with Crippen molar-refractivity contribution in [2.24, 2.45) is 0 Å². The van der Waals surface area contributed by atoms with Gasteiger partial charge in [0.1, 0.15) is 0 Å². The Hall–Kier alpha value is -1.32. The highest BCUT2D eigenvalue weighted by molar-refractivity contribution is 7.85. The van der Waals surface area contributed by atoms with Crippen LogP contribution in [0.1, 0.15) is 17.0 Å². The van der Waals surface area contributed by atoms with Gasteiger partial charge in [0, 0.05) is 22.4 Å². The second kappa shape index (κ2) is 4.99. The van der Waals surface area contributed by atoms with Crippen molar-refractivity contribution in [3.63, 3.8) is 0 Å². The van der Waals surface area contributed by atoms with Crippen LogP contribution in [0.4, 0.5) is 5.69 Å². The zero-order valence-electron chi connectivity index (χ0n) is 10.3. The van der Waals surface area contributed by atoms with Crippen LogP contribution in [0.5, 0.6) is 0 Å². The van der Waals surface area contributed by atoms with E-state index in [-0.39, 0.29) is 0 Å². The fourth-order valence-corrected chi connectivity index (χ4v) is 4.16. The van der Waals surface area contributed by atoms with Gasteiger partial charge >= 0.3 is 0 Å². The van der Waals surface area contributed by atoms with Gasteiger partial charge in [-0.25, -0.2) is 0 Å². The predicted octanol–water partition coefficient (Wildman–Crippen LogP) is 3.37. The van der Waals surface area contributed by atoms with Crippen molar-refractivity contribution >= 4 is 28.1 Å². The molecule has 0 bridgehead atoms. The molecule has 0 radical (unpaired) electrons. The molecule has 0 saturated heterocycles. The molecule has 0 saturated carbocycles. The summed E-state index contributed by atoms with van der Waals surface area (Å²) in [6.07, 6.45) is 1.00. The summed E-state index contributed by atoms with van der Waals surface area (Å²) in [5.41, 5.74) is 9.10. The molecular weight excluding hydrogens is 278 g/mol. The van der Waals surface area contributed by atoms with Crippen molar-refractivity contribution in [1.29, 1.82) is 0 Å². The van der Waals surface area contributed by atoms with Gasteiger partial charge in [-0.2, -0.15) is 0 Å². The molecule has 0 spiro atoms. The lowest BCUT2D eigenvalue weighted by Gasteiger charge is -2.29. The van der Waals surface area contributed by atoms with Crippen LogP contribution in [0.3, 0.4) is 0 Å². The lowest BCUT2D eigenvalue weighted by molar-refractivity contribution is 0.645. The van der Waals surface area contributed by atoms with Crippen LogP contribution in [0.25, 0.3) is 0 Å². The van der Waals surface area contributed by atoms with Gasteiger partial charge in [-0.15, -0.1) is 0 Å². The Bertz CT molecular complexity index is 656. The van der Waals surface area contributed by atoms with Crippen molar-refractivity contribution in [2.45, 2.75) is 17.2 Å². The fourth-order valence-electron chi connectivity index (χ4n) is 2.49. The minimum Gasteiger partial charge on any atom is -0.398 e. The molecule has 2 aromatic rings. The summed E-state index contributed by atoms with van der Waals surface area (Å²) in [4.78, 5) is 0.650. The monoisotopic (exact) mass is 291 g/mol. The zero-order chi connectivity index (χ0) is 13.4. The van der Waals surface area contributed by atoms with Gasteiger partial charge in [-0.05, 0) is 35.7 Å². The van der Waals surface area contributed by atoms with E-state index in [1.54, 1.807) is 18.2 Å². The standard InChI is InChI=1S/C15H14ClNOS/c16-12-5-6-14(17)15(8-12)19(18)9-11-7-10-3-1-2-4-13(10)11/h1-6,8,11H,7,9,17H2. The minimum absolute atomic E-state index is 0.371. The molecule has 2 aromatic carbocycles. The number of benzene rings is 2. The molecule has 0 aliphatic heterocycles. The first-order chi connectivity index (χ1) is 9.15. The molecular formula is C15H14ClNOS. The first kappa shape index (κ1) is 12.7. The van der Waals surface area contributed by atoms with Crippen LogP contribution in [-0.2, 0) is 17.2 Å². The molecule has 0 fully saturated rings. The highest BCUT2D eigenvalue weighted by Crippen LogP contribution is 2.36. The van der Waals surface area contributed by atoms with E-state index in [0.717, 1.165) is 6.42 Å². The lowest BCUT2D eigenvalue weighted by atomic mass is 9.79. The van der Waals surface area contributed by atoms with Crippen molar-refractivity contribution in [1.82, 2.24) is 0 Å². The number of anilines is 1. The molecule has 2 nitrogen and oxygen atoms in total. The molecule has 98 valence electrons. The number of hydrogen-bond donors (Lipinski definition) is 1. The minimum atomic E-state index is -1.10. The molecule has 4 heteroatoms. The van der Waals surface area contributed by atoms with Crippen molar-refractivity contribution < 1.29 is 4.21 Å². The summed E-state index contributed by atoms with van der Waals surface area (Å²) in [6, 6.07) is 13.4. The van der Waals surface area contributed by atoms with Crippen LogP contribution in [-0.4, -0.2) is 9.96 Å². The van der Waals surface area contributed by atoms with Gasteiger partial charge in [0.15, 0.2) is 0 Å². The molecule has 2 N–H and O–H groups in total. The lowest BCUT2D eigenvalue weighted by Crippen LogP contribution is -2.22. The van der Waals surface area contributed by atoms with E-state index < -0.39 is 10.8 Å². The summed E-state index contributed by atoms with van der Waals surface area (Å²) in [5, 5.41) is 0.576. The van der Waals surface area contributed by atoms with Gasteiger partial charge in [0.25, 0.3) is 0 Å². The van der Waals surface area contributed by atoms with Gasteiger partial charge < -0.3 is 5.73 Å². The maximum Gasteiger partial charge on any atom is 0.0632 e. The molecule has 0 aromatic heterocycles. The van der Waals surface area contributed by atoms with Crippen molar-refractivity contribution in [2.75, 3.05) is 11.5 Å². The van der Waals surface area contributed by atoms with E-state index in [9.17, 15) is 4.21 Å². The van der Waals surface area contributed by atoms with E-state index in [4.69, 9.17) is 17.3 Å². The van der Waals surface area contributed by atoms with Crippen LogP contribution in [0.15, 0.2) is 47.4 Å². The Morgan fingerprint density at radius 2 is 2.05 bits per heavy atom. The highest BCUT2D eigenvalue weighted by Gasteiger charge is 2.27. The van der Waals surface area contributed by atoms with Crippen LogP contribution in [0, 0.1) is 0 Å². The average Bonchev–Trinajstić information content (AvgIpc) is 2.38. The quantitative estimate of drug-likeness (QED) is 0.881. The summed E-state index contributed by atoms with van der Waals surface area (Å²) in [5.74, 6) is 0.983. The van der Waals surface area contributed by atoms with E-state index in [0.29, 0.717) is 27.3 Å². The van der Waals surface area contributed by atoms with E-state index in [1.165, 1.54) is 11.1 Å². The highest BCUT2D eigenvalue weighted by atomic mass is 35.5. The van der Waals surface area contributed by atoms with E-state index >= 15 is 0 Å². The van der Waals surface area contributed by atoms with Crippen LogP contribution >= 0.6 is 11.6 Å². The molecule has 2 atom stereocenters. The maximum absolute atomic E-state index is 12.4. The third-order valence-corrected chi connectivity index (χ3v) is 5.32. The second-order valence-corrected chi connectivity index (χ2v) is 6.69. The Balaban J connectivity index is 1.79. The second-order valence-electron chi connectivity index (χ2n) is 4.79. The Labute approximate surface area is 120 Å². The number of hydrogen-bond acceptors (Lipinski definition) is 2. The van der Waals surface area contributed by atoms with Gasteiger partial charge in [-0.3, -0.25) is 4.21 Å². The first-order valence-electron chi connectivity index (χ1n) is 6.16. The zero-order valence-corrected chi connectivity index (χ0v) is 11.9. The van der Waals surface area contributed by atoms with Gasteiger partial charge in [0.05, 0.1) is 15.7 Å². The largest absolute Gasteiger partial charge is 0.398 e. The van der Waals surface area contributed by atoms with Crippen molar-refractivity contribution in [3.05, 3.63) is 58.6 Å². The third kappa shape index (κ3) is 2.40. The predicted molar refractivity (Wildman–Crippen MR) is 80.0 cm³/mol. The smallest absolute Gasteiger partial charge is 0.0632 e. The Morgan fingerprint density at radius 1 is 1.26 bits per heavy atom. The summed E-state index contributed by atoms with van der Waals surface area (Å²) < 4.78 is 12.4. The van der Waals surface area contributed by atoms with E-state index in [1.807, 2.05) is 12.1 Å². The molecule has 19 heavy (non-hydrogen) atoms. The first-order valence-corrected chi connectivity index (χ1v) is 7.86. The summed E-state index contributed by atoms with van der Waals surface area (Å²) >= 11 is 5.94. The average molecular weight is 292 g/mol. The van der Waals surface area contributed by atoms with E-state index in [2.05, 4.69) is 12.1 Å². The number of nitrogen functional groups attached to an aromatic ring is 1. The number of fused-ring (bicyclic) bond motifs is 1. The van der Waals surface area contributed by atoms with Crippen molar-refractivity contribution in [3.8, 4) is 0 Å².